The zero-order chi connectivity index (χ0) is 18.8. The Morgan fingerprint density at radius 2 is 2.00 bits per heavy atom. The number of piperidine rings is 1. The summed E-state index contributed by atoms with van der Waals surface area (Å²) in [5.74, 6) is 3.00. The highest BCUT2D eigenvalue weighted by Crippen LogP contribution is 2.41. The maximum absolute atomic E-state index is 12.8. The Bertz CT molecular complexity index is 792. The number of aryl methyl sites for hydroxylation is 2. The van der Waals surface area contributed by atoms with Crippen LogP contribution in [0.15, 0.2) is 30.5 Å². The van der Waals surface area contributed by atoms with Crippen molar-refractivity contribution in [2.75, 3.05) is 20.2 Å². The molecule has 1 aromatic heterocycles. The van der Waals surface area contributed by atoms with E-state index in [1.807, 2.05) is 30.5 Å². The highest BCUT2D eigenvalue weighted by Gasteiger charge is 2.33. The van der Waals surface area contributed by atoms with Gasteiger partial charge in [-0.15, -0.1) is 0 Å². The third-order valence-electron chi connectivity index (χ3n) is 5.85. The van der Waals surface area contributed by atoms with Crippen LogP contribution in [0.5, 0.6) is 5.75 Å². The summed E-state index contributed by atoms with van der Waals surface area (Å²) in [6.45, 7) is 3.84. The first-order valence-electron chi connectivity index (χ1n) is 10.1. The molecule has 0 spiro atoms. The van der Waals surface area contributed by atoms with Crippen LogP contribution in [0.3, 0.4) is 0 Å². The van der Waals surface area contributed by atoms with Gasteiger partial charge in [0.15, 0.2) is 0 Å². The molecule has 2 fully saturated rings. The Hall–Kier alpha value is -2.30. The monoisotopic (exact) mass is 367 g/mol. The van der Waals surface area contributed by atoms with Crippen LogP contribution in [-0.4, -0.2) is 40.6 Å². The molecule has 144 valence electrons. The fourth-order valence-electron chi connectivity index (χ4n) is 4.18. The van der Waals surface area contributed by atoms with E-state index in [0.717, 1.165) is 38.1 Å². The van der Waals surface area contributed by atoms with Gasteiger partial charge in [0, 0.05) is 37.3 Å². The minimum atomic E-state index is 0.265. The van der Waals surface area contributed by atoms with E-state index in [2.05, 4.69) is 21.4 Å². The molecular weight excluding hydrogens is 338 g/mol. The Morgan fingerprint density at radius 3 is 2.70 bits per heavy atom. The molecule has 1 unspecified atom stereocenters. The number of carbonyl (C=O) groups is 1. The first kappa shape index (κ1) is 18.1. The minimum Gasteiger partial charge on any atom is -0.497 e. The van der Waals surface area contributed by atoms with Crippen molar-refractivity contribution in [2.45, 2.75) is 57.4 Å². The summed E-state index contributed by atoms with van der Waals surface area (Å²) in [7, 11) is 1.67. The number of methoxy groups -OCH3 is 1. The van der Waals surface area contributed by atoms with Gasteiger partial charge in [-0.3, -0.25) is 4.79 Å². The highest BCUT2D eigenvalue weighted by molar-refractivity contribution is 5.76. The largest absolute Gasteiger partial charge is 0.497 e. The zero-order valence-corrected chi connectivity index (χ0v) is 16.4. The van der Waals surface area contributed by atoms with Crippen LogP contribution >= 0.6 is 0 Å². The lowest BCUT2D eigenvalue weighted by Gasteiger charge is -2.35. The second-order valence-corrected chi connectivity index (χ2v) is 7.89. The van der Waals surface area contributed by atoms with Gasteiger partial charge in [-0.2, -0.15) is 0 Å². The summed E-state index contributed by atoms with van der Waals surface area (Å²) in [5, 5.41) is 0. The molecule has 27 heavy (non-hydrogen) atoms. The average molecular weight is 367 g/mol. The first-order chi connectivity index (χ1) is 13.2. The summed E-state index contributed by atoms with van der Waals surface area (Å²) < 4.78 is 7.61. The second-order valence-electron chi connectivity index (χ2n) is 7.89. The molecule has 0 radical (unpaired) electrons. The number of rotatable bonds is 6. The molecule has 2 aliphatic rings. The van der Waals surface area contributed by atoms with E-state index in [1.54, 1.807) is 7.11 Å². The van der Waals surface area contributed by atoms with E-state index in [9.17, 15) is 4.79 Å². The topological polar surface area (TPSA) is 47.4 Å². The number of hydrogen-bond acceptors (Lipinski definition) is 3. The van der Waals surface area contributed by atoms with Crippen LogP contribution in [0.2, 0.25) is 0 Å². The van der Waals surface area contributed by atoms with E-state index in [0.29, 0.717) is 18.4 Å². The predicted molar refractivity (Wildman–Crippen MR) is 105 cm³/mol. The van der Waals surface area contributed by atoms with Gasteiger partial charge in [0.2, 0.25) is 5.91 Å². The molecule has 5 heteroatoms. The Kier molecular flexibility index (Phi) is 5.19. The molecule has 2 heterocycles. The first-order valence-corrected chi connectivity index (χ1v) is 10.1. The normalized spacial score (nSPS) is 19.9. The van der Waals surface area contributed by atoms with Crippen LogP contribution in [0.1, 0.15) is 61.1 Å². The number of likely N-dealkylation sites (tertiary alicyclic amines) is 1. The highest BCUT2D eigenvalue weighted by atomic mass is 16.5. The smallest absolute Gasteiger partial charge is 0.222 e. The molecule has 1 aliphatic carbocycles. The van der Waals surface area contributed by atoms with Crippen molar-refractivity contribution in [1.82, 2.24) is 14.5 Å². The van der Waals surface area contributed by atoms with Gasteiger partial charge in [-0.25, -0.2) is 4.98 Å². The second kappa shape index (κ2) is 7.75. The minimum absolute atomic E-state index is 0.265. The summed E-state index contributed by atoms with van der Waals surface area (Å²) in [6.07, 6.45) is 8.07. The van der Waals surface area contributed by atoms with E-state index in [1.165, 1.54) is 29.9 Å². The Morgan fingerprint density at radius 1 is 1.22 bits per heavy atom. The number of benzene rings is 1. The SMILES string of the molecule is COc1ccc(CCC(=O)N2CCCC(n3c(C)cnc3C3CC3)C2)cc1. The average Bonchev–Trinajstić information content (AvgIpc) is 3.48. The van der Waals surface area contributed by atoms with Gasteiger partial charge >= 0.3 is 0 Å². The number of nitrogens with zero attached hydrogens (tertiary/aromatic N) is 3. The third-order valence-corrected chi connectivity index (χ3v) is 5.85. The van der Waals surface area contributed by atoms with Gasteiger partial charge in [0.25, 0.3) is 0 Å². The quantitative estimate of drug-likeness (QED) is 0.779. The lowest BCUT2D eigenvalue weighted by molar-refractivity contribution is -0.132. The molecule has 1 aliphatic heterocycles. The number of carbonyl (C=O) groups excluding carboxylic acids is 1. The summed E-state index contributed by atoms with van der Waals surface area (Å²) in [5.41, 5.74) is 2.41. The molecule has 0 N–H and O–H groups in total. The van der Waals surface area contributed by atoms with Crippen molar-refractivity contribution in [3.63, 3.8) is 0 Å². The number of ether oxygens (including phenoxy) is 1. The van der Waals surface area contributed by atoms with Gasteiger partial charge in [0.1, 0.15) is 11.6 Å². The standard InChI is InChI=1S/C22H29N3O2/c1-16-14-23-22(18-8-9-18)25(16)19-4-3-13-24(15-19)21(26)12-7-17-5-10-20(27-2)11-6-17/h5-6,10-11,14,18-19H,3-4,7-9,12-13,15H2,1-2H3. The van der Waals surface area contributed by atoms with Gasteiger partial charge in [0.05, 0.1) is 13.2 Å². The fraction of sp³-hybridized carbons (Fsp3) is 0.545. The van der Waals surface area contributed by atoms with Gasteiger partial charge in [-0.05, 0) is 56.7 Å². The Labute approximate surface area is 161 Å². The van der Waals surface area contributed by atoms with Crippen LogP contribution in [0.4, 0.5) is 0 Å². The maximum atomic E-state index is 12.8. The molecule has 1 aromatic carbocycles. The van der Waals surface area contributed by atoms with E-state index < -0.39 is 0 Å². The zero-order valence-electron chi connectivity index (χ0n) is 16.4. The van der Waals surface area contributed by atoms with Gasteiger partial charge in [-0.1, -0.05) is 12.1 Å². The molecule has 2 aromatic rings. The number of aromatic nitrogens is 2. The van der Waals surface area contributed by atoms with Crippen molar-refractivity contribution >= 4 is 5.91 Å². The van der Waals surface area contributed by atoms with Crippen LogP contribution < -0.4 is 4.74 Å². The summed E-state index contributed by atoms with van der Waals surface area (Å²) >= 11 is 0. The lowest BCUT2D eigenvalue weighted by Crippen LogP contribution is -2.41. The molecule has 1 amide bonds. The molecule has 4 rings (SSSR count). The van der Waals surface area contributed by atoms with Crippen molar-refractivity contribution < 1.29 is 9.53 Å². The third kappa shape index (κ3) is 4.02. The molecule has 0 bridgehead atoms. The molecule has 1 atom stereocenters. The van der Waals surface area contributed by atoms with Crippen molar-refractivity contribution in [1.29, 1.82) is 0 Å². The van der Waals surface area contributed by atoms with E-state index in [4.69, 9.17) is 4.74 Å². The number of amides is 1. The lowest BCUT2D eigenvalue weighted by atomic mass is 10.0. The van der Waals surface area contributed by atoms with Crippen molar-refractivity contribution in [3.05, 3.63) is 47.5 Å². The fourth-order valence-corrected chi connectivity index (χ4v) is 4.18. The number of hydrogen-bond donors (Lipinski definition) is 0. The Balaban J connectivity index is 1.37. The van der Waals surface area contributed by atoms with Gasteiger partial charge < -0.3 is 14.2 Å². The maximum Gasteiger partial charge on any atom is 0.222 e. The van der Waals surface area contributed by atoms with Crippen LogP contribution in [0.25, 0.3) is 0 Å². The molecule has 5 nitrogen and oxygen atoms in total. The van der Waals surface area contributed by atoms with E-state index in [-0.39, 0.29) is 5.91 Å². The molecule has 1 saturated carbocycles. The van der Waals surface area contributed by atoms with Crippen LogP contribution in [-0.2, 0) is 11.2 Å². The van der Waals surface area contributed by atoms with Crippen LogP contribution in [0, 0.1) is 6.92 Å². The molecule has 1 saturated heterocycles. The summed E-state index contributed by atoms with van der Waals surface area (Å²) in [4.78, 5) is 19.5. The summed E-state index contributed by atoms with van der Waals surface area (Å²) in [6, 6.07) is 8.38. The van der Waals surface area contributed by atoms with E-state index >= 15 is 0 Å². The number of imidazole rings is 1. The predicted octanol–water partition coefficient (Wildman–Crippen LogP) is 3.87. The molecular formula is C22H29N3O2. The van der Waals surface area contributed by atoms with Crippen molar-refractivity contribution in [3.8, 4) is 5.75 Å². The van der Waals surface area contributed by atoms with Crippen molar-refractivity contribution in [2.24, 2.45) is 0 Å².